The van der Waals surface area contributed by atoms with Gasteiger partial charge < -0.3 is 162 Å². The van der Waals surface area contributed by atoms with Gasteiger partial charge in [0, 0.05) is 56.8 Å². The van der Waals surface area contributed by atoms with Gasteiger partial charge in [0.05, 0.1) is 61.6 Å². The van der Waals surface area contributed by atoms with Crippen LogP contribution in [0.4, 0.5) is 15.3 Å². The first-order valence-electron chi connectivity index (χ1n) is 45.8. The molecule has 0 aliphatic carbocycles. The van der Waals surface area contributed by atoms with Crippen LogP contribution < -0.4 is 43.4 Å². The number of aliphatic hydroxyl groups is 10. The minimum atomic E-state index is -5.92. The first-order valence-corrected chi connectivity index (χ1v) is 48.3. The maximum absolute atomic E-state index is 14.3. The molecule has 8 heterocycles. The number of thioether (sulfide) groups is 1. The Hall–Kier alpha value is -9.38. The summed E-state index contributed by atoms with van der Waals surface area (Å²) in [5, 5.41) is 168. The highest BCUT2D eigenvalue weighted by atomic mass is 32.2. The number of hydrogen-bond donors (Lipinski definition) is 21. The molecule has 8 amide bonds. The van der Waals surface area contributed by atoms with Gasteiger partial charge in [-0.2, -0.15) is 11.8 Å². The van der Waals surface area contributed by atoms with Gasteiger partial charge in [-0.05, 0) is 117 Å². The molecule has 1 aromatic carbocycles. The standard InChI is InChI=1S/C88H131N12O39PS/c1-40(2)17-16-19-41(3)22-23-43(5)28-31-87(9,10)30-15-14-18-42(4)29-34-127-54(79(118)119)38-129-140(125,126)139-84-72(73(138-85(90)120)88(11,122)74(137-84)75(89)116)136-81-60(94-46(8)103)63(110)70(53(132-81)37-128-82-67(114)64(111)61(108)52(36-101)131-82)134-80-59(93-45(7)102)62(109)69(44(6)130-80)133-83-68(115)65(112)66(113)71(135-83)77-97-76(51(104)26-27-57(106)107)98-99(77)47-24-25-50(100(123)124)48(35-47)78(117)92-33-32-91-56(105)21-13-12-20-55-58-49(39-141-55)95-86(121)96-58/h15,17,22,24-25,29-30,35,44,49,52-55,58-74,80-84,101,108-115,122H,5,12-14,16,18-21,23,26-28,31-34,36-39H2,1-4,6-11H3,(H2,89,116)(H2,90,120)(H,91,105)(H,92,117)(H,93,102)(H,94,103)(H,106,107)(H,118,119)(H,125,126)(H2,95,96,121)/b30-15+,41-22+,42-29-/t44-,49+,52-,53-,54-,55+,58+,59-,60-,61-,62-,63-,64+,65+,66-,67-,68-,69-,70-,71+,72-,73-,74-,80+,81+,82-,83-,84-,88+/m1/s1. The minimum Gasteiger partial charge on any atom is -0.481 e. The largest absolute Gasteiger partial charge is 0.481 e. The lowest BCUT2D eigenvalue weighted by atomic mass is 9.85. The van der Waals surface area contributed by atoms with Gasteiger partial charge >= 0.3 is 31.9 Å². The van der Waals surface area contributed by atoms with Crippen LogP contribution >= 0.6 is 19.6 Å². The van der Waals surface area contributed by atoms with E-state index in [1.54, 1.807) is 24.8 Å². The Morgan fingerprint density at radius 1 is 0.752 bits per heavy atom. The van der Waals surface area contributed by atoms with E-state index >= 15 is 0 Å². The number of phosphoric acid groups is 1. The zero-order valence-corrected chi connectivity index (χ0v) is 81.1. The van der Waals surface area contributed by atoms with Gasteiger partial charge in [0.1, 0.15) is 103 Å². The molecule has 30 atom stereocenters. The second-order valence-corrected chi connectivity index (χ2v) is 39.3. The molecule has 23 N–H and O–H groups in total. The highest BCUT2D eigenvalue weighted by Crippen LogP contribution is 2.50. The Bertz CT molecular complexity index is 4880. The van der Waals surface area contributed by atoms with Crippen LogP contribution in [0.2, 0.25) is 0 Å². The van der Waals surface area contributed by atoms with Gasteiger partial charge in [0.15, 0.2) is 61.7 Å². The summed E-state index contributed by atoms with van der Waals surface area (Å²) in [5.74, 6) is -10.1. The molecule has 7 aliphatic heterocycles. The summed E-state index contributed by atoms with van der Waals surface area (Å²) in [6, 6.07) is -1.67. The third kappa shape index (κ3) is 31.8. The van der Waals surface area contributed by atoms with Gasteiger partial charge in [0.25, 0.3) is 11.6 Å². The highest BCUT2D eigenvalue weighted by Gasteiger charge is 2.63. The van der Waals surface area contributed by atoms with Crippen LogP contribution in [0, 0.1) is 15.5 Å². The summed E-state index contributed by atoms with van der Waals surface area (Å²) in [4.78, 5) is 157. The van der Waals surface area contributed by atoms with Gasteiger partial charge in [-0.15, -0.1) is 5.10 Å². The van der Waals surface area contributed by atoms with E-state index in [1.165, 1.54) is 18.1 Å². The van der Waals surface area contributed by atoms with Crippen molar-refractivity contribution in [2.75, 3.05) is 45.3 Å². The number of fused-ring (bicyclic) bond motifs is 1. The van der Waals surface area contributed by atoms with E-state index in [0.717, 1.165) is 99.1 Å². The summed E-state index contributed by atoms with van der Waals surface area (Å²) in [5.41, 5.74) is 10.7. The number of Topliss-reactive ketones (excluding diaryl/α,β-unsaturated/α-hetero) is 1. The van der Waals surface area contributed by atoms with Gasteiger partial charge in [-0.1, -0.05) is 79.5 Å². The number of nitrogens with two attached hydrogens (primary N) is 2. The lowest BCUT2D eigenvalue weighted by Gasteiger charge is -2.52. The molecule has 7 aliphatic rings. The Balaban J connectivity index is 0.942. The number of ketones is 1. The third-order valence-electron chi connectivity index (χ3n) is 24.4. The number of aromatic nitrogens is 3. The number of aliphatic hydroxyl groups excluding tert-OH is 9. The number of nitrogens with one attached hydrogen (secondary N) is 6. The number of ether oxygens (including phenoxy) is 11. The Labute approximate surface area is 814 Å². The quantitative estimate of drug-likeness (QED) is 0.00734. The smallest absolute Gasteiger partial charge is 0.474 e. The van der Waals surface area contributed by atoms with Gasteiger partial charge in [0.2, 0.25) is 35.2 Å². The molecule has 0 radical (unpaired) electrons. The highest BCUT2D eigenvalue weighted by molar-refractivity contribution is 8.00. The normalized spacial score (nSPS) is 31.9. The lowest BCUT2D eigenvalue weighted by Crippen LogP contribution is -2.72. The van der Waals surface area contributed by atoms with Gasteiger partial charge in [-0.25, -0.2) is 28.6 Å². The van der Waals surface area contributed by atoms with Crippen molar-refractivity contribution in [3.05, 3.63) is 105 Å². The molecule has 1 unspecified atom stereocenters. The van der Waals surface area contributed by atoms with E-state index in [-0.39, 0.29) is 66.5 Å². The number of nitrogens with zero attached hydrogens (tertiary/aromatic N) is 4. The van der Waals surface area contributed by atoms with Crippen LogP contribution in [0.1, 0.15) is 186 Å². The summed E-state index contributed by atoms with van der Waals surface area (Å²) in [6.45, 7) is 16.0. The van der Waals surface area contributed by atoms with E-state index in [0.29, 0.717) is 25.7 Å². The fourth-order valence-electron chi connectivity index (χ4n) is 16.6. The van der Waals surface area contributed by atoms with E-state index in [1.807, 2.05) is 6.08 Å². The van der Waals surface area contributed by atoms with Crippen molar-refractivity contribution in [3.8, 4) is 5.69 Å². The van der Waals surface area contributed by atoms with Crippen molar-refractivity contribution in [2.45, 2.75) is 329 Å². The lowest BCUT2D eigenvalue weighted by molar-refractivity contribution is -0.385. The zero-order chi connectivity index (χ0) is 104. The molecule has 0 saturated carbocycles. The van der Waals surface area contributed by atoms with Crippen molar-refractivity contribution in [2.24, 2.45) is 16.9 Å². The molecule has 7 fully saturated rings. The number of hydrogen-bond acceptors (Lipinski definition) is 39. The molecule has 9 rings (SSSR count). The maximum Gasteiger partial charge on any atom is 0.474 e. The van der Waals surface area contributed by atoms with Crippen LogP contribution in [0.15, 0.2) is 77.5 Å². The molecule has 141 heavy (non-hydrogen) atoms. The van der Waals surface area contributed by atoms with E-state index in [9.17, 15) is 129 Å². The van der Waals surface area contributed by atoms with Crippen LogP contribution in [0.25, 0.3) is 5.69 Å². The summed E-state index contributed by atoms with van der Waals surface area (Å²) in [7, 11) is -5.92. The predicted octanol–water partition coefficient (Wildman–Crippen LogP) is -0.796. The monoisotopic (exact) mass is 2040 g/mol. The molecule has 7 saturated heterocycles. The number of allylic oxidation sites excluding steroid dienone is 8. The molecular weight excluding hydrogens is 1910 g/mol. The molecule has 788 valence electrons. The SMILES string of the molecule is C=C(C/C=C(\C)CCC=C(C)C)CCC(C)(C)/C=C/CC/C(C)=C\CO[C@H](COP(=O)(O)O[C@H]1O[C@H](C(N)=O)[C@@](C)(O)[C@H](OC(N)=O)[C@H]1O[C@@H]1O[C@H](CO[C@@H]2O[C@H](CO)[C@@H](O)[C@H](O)[C@H]2O)[C@@H](O[C@@H]2O[C@H](C)[C@@H](O[C@@H]3O[C@H](c4nc(C(=O)CCC(=O)O)nn4-c4ccc([N+](=O)[O-])c(C(=O)NCCNC(=O)CCCC[C@@H]5SC[C@@H]6NC(=O)N[C@@H]65)c4)[C@H](O)[C@H](O)[C@H]3O)[C@H](O)[C@H]2NC(C)=O)[C@H](O)[C@H]1NC(C)=O)C(=O)O. The van der Waals surface area contributed by atoms with Crippen molar-refractivity contribution in [1.29, 1.82) is 0 Å². The first-order chi connectivity index (χ1) is 66.3. The minimum absolute atomic E-state index is 0.0220. The number of nitro groups is 1. The topological polar surface area (TPSA) is 769 Å². The average molecular weight is 2040 g/mol. The number of rotatable bonds is 51. The number of primary amides is 2. The first kappa shape index (κ1) is 115. The fraction of sp³-hybridized carbons (Fsp3) is 0.682. The number of carboxylic acids is 2. The number of carbonyl (C=O) groups excluding carboxylic acids is 8. The Morgan fingerprint density at radius 3 is 2.03 bits per heavy atom. The van der Waals surface area contributed by atoms with E-state index in [4.69, 9.17) is 72.6 Å². The molecule has 2 aromatic rings. The van der Waals surface area contributed by atoms with Crippen molar-refractivity contribution in [1.82, 2.24) is 46.7 Å². The molecule has 51 nitrogen and oxygen atoms in total. The second kappa shape index (κ2) is 51.9. The van der Waals surface area contributed by atoms with Crippen LogP contribution in [0.5, 0.6) is 0 Å². The van der Waals surface area contributed by atoms with Crippen molar-refractivity contribution >= 4 is 84.7 Å². The Morgan fingerprint density at radius 2 is 1.38 bits per heavy atom. The number of carboxylic acid groups (broad SMARTS) is 2. The average Bonchev–Trinajstić information content (AvgIpc) is 1.74. The van der Waals surface area contributed by atoms with Gasteiger partial charge in [-0.3, -0.25) is 52.7 Å². The zero-order valence-electron chi connectivity index (χ0n) is 79.4. The van der Waals surface area contributed by atoms with Crippen LogP contribution in [-0.2, 0) is 94.5 Å². The molecule has 0 spiro atoms. The number of aliphatic carboxylic acids is 2. The molecule has 0 bridgehead atoms. The molecular formula is C88H131N12O39PS. The number of carbonyl (C=O) groups is 10. The van der Waals surface area contributed by atoms with Crippen LogP contribution in [-0.4, -0.2) is 361 Å². The van der Waals surface area contributed by atoms with E-state index < -0.39 is 275 Å². The maximum atomic E-state index is 14.3. The number of urea groups is 1. The second-order valence-electron chi connectivity index (χ2n) is 36.6. The number of nitro benzene ring substituents is 1. The van der Waals surface area contributed by atoms with Crippen molar-refractivity contribution in [3.63, 3.8) is 0 Å². The van der Waals surface area contributed by atoms with Crippen LogP contribution in [0.3, 0.4) is 0 Å². The summed E-state index contributed by atoms with van der Waals surface area (Å²) < 4.78 is 91.3. The summed E-state index contributed by atoms with van der Waals surface area (Å²) >= 11 is 1.72. The number of phosphoric ester groups is 1. The Kier molecular flexibility index (Phi) is 42.4. The predicted molar refractivity (Wildman–Crippen MR) is 487 cm³/mol. The number of amides is 8. The molecule has 1 aromatic heterocycles. The van der Waals surface area contributed by atoms with Crippen molar-refractivity contribution < 1.29 is 185 Å². The summed E-state index contributed by atoms with van der Waals surface area (Å²) in [6.07, 6.45) is -37.0. The number of unbranched alkanes of at least 4 members (excludes halogenated alkanes) is 1. The molecule has 53 heteroatoms. The third-order valence-corrected chi connectivity index (χ3v) is 26.9. The number of benzene rings is 1. The fourth-order valence-corrected chi connectivity index (χ4v) is 19.0. The van der Waals surface area contributed by atoms with E-state index in [2.05, 4.69) is 101 Å².